The summed E-state index contributed by atoms with van der Waals surface area (Å²) >= 11 is 0. The van der Waals surface area contributed by atoms with Crippen LogP contribution in [0.5, 0.6) is 0 Å². The maximum absolute atomic E-state index is 10.4. The number of aliphatic hydroxyl groups is 2. The third kappa shape index (κ3) is 3.88. The number of rotatable bonds is 7. The average molecular weight is 375 g/mol. The van der Waals surface area contributed by atoms with Crippen LogP contribution >= 0.6 is 0 Å². The lowest BCUT2D eigenvalue weighted by molar-refractivity contribution is -0.0693. The number of fused-ring (bicyclic) bond motifs is 1. The molecular weight excluding hydrogens is 354 g/mol. The SMILES string of the molecule is CN(C)C=Nc1ncnc2c1ncn2[C@@H]1O[C@H](CO)C(O)[C@@H]1OCCC#N. The van der Waals surface area contributed by atoms with Crippen molar-refractivity contribution in [1.82, 2.24) is 24.4 Å². The molecule has 1 saturated heterocycles. The minimum absolute atomic E-state index is 0.135. The number of hydrogen-bond donors (Lipinski definition) is 2. The van der Waals surface area contributed by atoms with E-state index < -0.39 is 24.5 Å². The molecule has 0 bridgehead atoms. The van der Waals surface area contributed by atoms with Crippen LogP contribution in [-0.4, -0.2) is 86.6 Å². The zero-order valence-corrected chi connectivity index (χ0v) is 15.0. The highest BCUT2D eigenvalue weighted by Gasteiger charge is 2.45. The van der Waals surface area contributed by atoms with E-state index in [2.05, 4.69) is 19.9 Å². The Bertz CT molecular complexity index is 847. The van der Waals surface area contributed by atoms with Crippen molar-refractivity contribution in [3.63, 3.8) is 0 Å². The van der Waals surface area contributed by atoms with Crippen LogP contribution in [0.3, 0.4) is 0 Å². The van der Waals surface area contributed by atoms with Crippen molar-refractivity contribution >= 4 is 23.3 Å². The van der Waals surface area contributed by atoms with Gasteiger partial charge in [-0.15, -0.1) is 0 Å². The molecule has 2 N–H and O–H groups in total. The molecule has 144 valence electrons. The Labute approximate surface area is 155 Å². The highest BCUT2D eigenvalue weighted by Crippen LogP contribution is 2.34. The summed E-state index contributed by atoms with van der Waals surface area (Å²) in [5, 5.41) is 28.6. The molecule has 0 aromatic carbocycles. The van der Waals surface area contributed by atoms with Gasteiger partial charge in [-0.05, 0) is 0 Å². The Balaban J connectivity index is 1.95. The van der Waals surface area contributed by atoms with E-state index in [9.17, 15) is 10.2 Å². The number of hydrogen-bond acceptors (Lipinski definition) is 9. The molecule has 0 radical (unpaired) electrons. The standard InChI is InChI=1S/C16H21N7O4/c1-22(2)8-21-14-11-15(19-7-18-14)23(9-20-11)16-13(26-5-3-4-17)12(25)10(6-24)27-16/h7-10,12-13,16,24-25H,3,5-6H2,1-2H3/t10-,12?,13+,16-/m1/s1. The fraction of sp³-hybridized carbons (Fsp3) is 0.562. The van der Waals surface area contributed by atoms with Gasteiger partial charge in [0.2, 0.25) is 0 Å². The van der Waals surface area contributed by atoms with Crippen LogP contribution in [0.2, 0.25) is 0 Å². The molecule has 27 heavy (non-hydrogen) atoms. The summed E-state index contributed by atoms with van der Waals surface area (Å²) in [5.74, 6) is 0.395. The highest BCUT2D eigenvalue weighted by molar-refractivity contribution is 5.82. The van der Waals surface area contributed by atoms with Gasteiger partial charge in [-0.3, -0.25) is 4.57 Å². The zero-order chi connectivity index (χ0) is 19.4. The maximum Gasteiger partial charge on any atom is 0.184 e. The number of imidazole rings is 1. The number of aromatic nitrogens is 4. The molecule has 0 saturated carbocycles. The minimum atomic E-state index is -1.05. The topological polar surface area (TPSA) is 142 Å². The van der Waals surface area contributed by atoms with Crippen LogP contribution in [-0.2, 0) is 9.47 Å². The summed E-state index contributed by atoms with van der Waals surface area (Å²) in [5.41, 5.74) is 0.928. The number of nitrogens with zero attached hydrogens (tertiary/aromatic N) is 7. The number of aliphatic hydroxyl groups excluding tert-OH is 2. The summed E-state index contributed by atoms with van der Waals surface area (Å²) in [7, 11) is 3.68. The van der Waals surface area contributed by atoms with Crippen LogP contribution in [0.1, 0.15) is 12.6 Å². The van der Waals surface area contributed by atoms with Gasteiger partial charge in [0.1, 0.15) is 24.6 Å². The smallest absolute Gasteiger partial charge is 0.184 e. The molecular formula is C16H21N7O4. The quantitative estimate of drug-likeness (QED) is 0.375. The summed E-state index contributed by atoms with van der Waals surface area (Å²) < 4.78 is 13.0. The van der Waals surface area contributed by atoms with Gasteiger partial charge >= 0.3 is 0 Å². The van der Waals surface area contributed by atoms with Gasteiger partial charge in [-0.1, -0.05) is 0 Å². The van der Waals surface area contributed by atoms with Gasteiger partial charge in [-0.2, -0.15) is 5.26 Å². The molecule has 4 atom stereocenters. The first-order chi connectivity index (χ1) is 13.1. The van der Waals surface area contributed by atoms with E-state index in [1.54, 1.807) is 15.8 Å². The first kappa shape index (κ1) is 19.1. The number of nitriles is 1. The molecule has 11 nitrogen and oxygen atoms in total. The Morgan fingerprint density at radius 1 is 1.44 bits per heavy atom. The van der Waals surface area contributed by atoms with E-state index in [1.807, 2.05) is 20.2 Å². The van der Waals surface area contributed by atoms with Crippen LogP contribution in [0.4, 0.5) is 5.82 Å². The van der Waals surface area contributed by atoms with Gasteiger partial charge in [0.25, 0.3) is 0 Å². The monoisotopic (exact) mass is 375 g/mol. The van der Waals surface area contributed by atoms with Gasteiger partial charge in [0.15, 0.2) is 23.2 Å². The van der Waals surface area contributed by atoms with E-state index >= 15 is 0 Å². The lowest BCUT2D eigenvalue weighted by atomic mass is 10.1. The predicted molar refractivity (Wildman–Crippen MR) is 94.1 cm³/mol. The van der Waals surface area contributed by atoms with Crippen molar-refractivity contribution in [2.75, 3.05) is 27.3 Å². The molecule has 3 rings (SSSR count). The molecule has 0 amide bonds. The largest absolute Gasteiger partial charge is 0.394 e. The van der Waals surface area contributed by atoms with E-state index in [0.717, 1.165) is 0 Å². The van der Waals surface area contributed by atoms with Crippen LogP contribution in [0.25, 0.3) is 11.2 Å². The Kier molecular flexibility index (Phi) is 5.92. The second-order valence-corrected chi connectivity index (χ2v) is 6.21. The molecule has 1 aliphatic heterocycles. The average Bonchev–Trinajstić information content (AvgIpc) is 3.22. The normalized spacial score (nSPS) is 25.3. The van der Waals surface area contributed by atoms with Gasteiger partial charge in [-0.25, -0.2) is 19.9 Å². The first-order valence-corrected chi connectivity index (χ1v) is 8.38. The Morgan fingerprint density at radius 3 is 2.96 bits per heavy atom. The second-order valence-electron chi connectivity index (χ2n) is 6.21. The Hall–Kier alpha value is -2.65. The van der Waals surface area contributed by atoms with Crippen molar-refractivity contribution in [1.29, 1.82) is 5.26 Å². The fourth-order valence-electron chi connectivity index (χ4n) is 2.80. The van der Waals surface area contributed by atoms with E-state index in [-0.39, 0.29) is 19.6 Å². The zero-order valence-electron chi connectivity index (χ0n) is 15.0. The lowest BCUT2D eigenvalue weighted by Gasteiger charge is -2.21. The molecule has 1 aliphatic rings. The van der Waals surface area contributed by atoms with Crippen molar-refractivity contribution in [3.8, 4) is 6.07 Å². The molecule has 11 heteroatoms. The van der Waals surface area contributed by atoms with Gasteiger partial charge in [0.05, 0.1) is 38.4 Å². The van der Waals surface area contributed by atoms with E-state index in [4.69, 9.17) is 14.7 Å². The molecule has 2 aromatic rings. The molecule has 3 heterocycles. The van der Waals surface area contributed by atoms with Gasteiger partial charge in [0, 0.05) is 14.1 Å². The van der Waals surface area contributed by atoms with E-state index in [0.29, 0.717) is 17.0 Å². The molecule has 2 aromatic heterocycles. The second kappa shape index (κ2) is 8.36. The highest BCUT2D eigenvalue weighted by atomic mass is 16.6. The maximum atomic E-state index is 10.4. The molecule has 1 unspecified atom stereocenters. The minimum Gasteiger partial charge on any atom is -0.394 e. The van der Waals surface area contributed by atoms with Gasteiger partial charge < -0.3 is 24.6 Å². The summed E-state index contributed by atoms with van der Waals surface area (Å²) in [6.07, 6.45) is 1.24. The van der Waals surface area contributed by atoms with Crippen molar-refractivity contribution in [2.45, 2.75) is 31.0 Å². The first-order valence-electron chi connectivity index (χ1n) is 8.38. The molecule has 1 fully saturated rings. The van der Waals surface area contributed by atoms with Crippen molar-refractivity contribution in [3.05, 3.63) is 12.7 Å². The third-order valence-electron chi connectivity index (χ3n) is 4.04. The van der Waals surface area contributed by atoms with E-state index in [1.165, 1.54) is 12.7 Å². The van der Waals surface area contributed by atoms with Crippen LogP contribution < -0.4 is 0 Å². The lowest BCUT2D eigenvalue weighted by Crippen LogP contribution is -2.35. The Morgan fingerprint density at radius 2 is 2.26 bits per heavy atom. The third-order valence-corrected chi connectivity index (χ3v) is 4.04. The summed E-state index contributed by atoms with van der Waals surface area (Å²) in [6, 6.07) is 1.99. The summed E-state index contributed by atoms with van der Waals surface area (Å²) in [6.45, 7) is -0.230. The predicted octanol–water partition coefficient (Wildman–Crippen LogP) is -0.403. The van der Waals surface area contributed by atoms with Crippen molar-refractivity contribution in [2.24, 2.45) is 4.99 Å². The van der Waals surface area contributed by atoms with Crippen LogP contribution in [0, 0.1) is 11.3 Å². The number of aliphatic imine (C=N–C) groups is 1. The molecule has 0 spiro atoms. The molecule has 0 aliphatic carbocycles. The summed E-state index contributed by atoms with van der Waals surface area (Å²) in [4.78, 5) is 18.8. The fourth-order valence-corrected chi connectivity index (χ4v) is 2.80. The van der Waals surface area contributed by atoms with Crippen molar-refractivity contribution < 1.29 is 19.7 Å². The van der Waals surface area contributed by atoms with Crippen LogP contribution in [0.15, 0.2) is 17.6 Å². The number of ether oxygens (including phenoxy) is 2.